The molecule has 0 aliphatic carbocycles. The zero-order chi connectivity index (χ0) is 18.3. The molecule has 6 heteroatoms. The summed E-state index contributed by atoms with van der Waals surface area (Å²) in [6.07, 6.45) is 10.7. The highest BCUT2D eigenvalue weighted by molar-refractivity contribution is 5.69. The molecule has 0 aromatic heterocycles. The first-order chi connectivity index (χ1) is 11.9. The average molecular weight is 348 g/mol. The number of ether oxygens (including phenoxy) is 2. The maximum absolute atomic E-state index is 12.8. The number of piperidine rings is 1. The quantitative estimate of drug-likeness (QED) is 0.733. The van der Waals surface area contributed by atoms with Gasteiger partial charge in [0.1, 0.15) is 5.60 Å². The average Bonchev–Trinajstić information content (AvgIpc) is 2.56. The van der Waals surface area contributed by atoms with Gasteiger partial charge in [0.15, 0.2) is 6.11 Å². The molecule has 138 valence electrons. The van der Waals surface area contributed by atoms with Crippen molar-refractivity contribution in [2.45, 2.75) is 64.1 Å². The molecule has 6 nitrogen and oxygen atoms in total. The number of hydrogen-bond acceptors (Lipinski definition) is 5. The van der Waals surface area contributed by atoms with Crippen molar-refractivity contribution in [3.05, 3.63) is 0 Å². The fourth-order valence-corrected chi connectivity index (χ4v) is 3.20. The van der Waals surface area contributed by atoms with Gasteiger partial charge in [-0.05, 0) is 52.4 Å². The zero-order valence-electron chi connectivity index (χ0n) is 15.4. The van der Waals surface area contributed by atoms with Crippen LogP contribution in [0.15, 0.2) is 0 Å². The summed E-state index contributed by atoms with van der Waals surface area (Å²) in [6.45, 7) is 8.47. The van der Waals surface area contributed by atoms with Crippen molar-refractivity contribution in [3.63, 3.8) is 0 Å². The van der Waals surface area contributed by atoms with E-state index in [2.05, 4.69) is 17.9 Å². The van der Waals surface area contributed by atoms with Crippen LogP contribution >= 0.6 is 0 Å². The molecule has 25 heavy (non-hydrogen) atoms. The number of hydroxylamine groups is 2. The normalized spacial score (nSPS) is 20.1. The molecule has 2 saturated heterocycles. The maximum atomic E-state index is 12.8. The summed E-state index contributed by atoms with van der Waals surface area (Å²) in [4.78, 5) is 20.1. The van der Waals surface area contributed by atoms with E-state index in [1.165, 1.54) is 0 Å². The minimum Gasteiger partial charge on any atom is -0.444 e. The molecule has 0 aromatic rings. The minimum atomic E-state index is -0.505. The summed E-state index contributed by atoms with van der Waals surface area (Å²) in [6, 6.07) is 0.306. The molecule has 2 fully saturated rings. The van der Waals surface area contributed by atoms with Crippen LogP contribution in [-0.2, 0) is 14.3 Å². The Morgan fingerprint density at radius 2 is 1.76 bits per heavy atom. The molecule has 0 bridgehead atoms. The first-order valence-corrected chi connectivity index (χ1v) is 8.87. The Balaban J connectivity index is 2.00. The van der Waals surface area contributed by atoms with Crippen molar-refractivity contribution >= 4 is 6.09 Å². The topological polar surface area (TPSA) is 51.2 Å². The Hall–Kier alpha value is -1.89. The second-order valence-corrected chi connectivity index (χ2v) is 7.35. The first kappa shape index (κ1) is 19.4. The second kappa shape index (κ2) is 8.99. The van der Waals surface area contributed by atoms with E-state index in [4.69, 9.17) is 20.7 Å². The van der Waals surface area contributed by atoms with Gasteiger partial charge in [-0.25, -0.2) is 4.79 Å². The molecular formula is C19H28N2O4. The lowest BCUT2D eigenvalue weighted by Crippen LogP contribution is -2.54. The van der Waals surface area contributed by atoms with E-state index in [0.29, 0.717) is 26.3 Å². The number of carbonyl (C=O) groups is 1. The van der Waals surface area contributed by atoms with Gasteiger partial charge in [-0.15, -0.1) is 11.5 Å². The molecular weight excluding hydrogens is 320 g/mol. The van der Waals surface area contributed by atoms with Crippen LogP contribution in [0.2, 0.25) is 0 Å². The molecule has 0 atom stereocenters. The predicted octanol–water partition coefficient (Wildman–Crippen LogP) is 2.39. The lowest BCUT2D eigenvalue weighted by Gasteiger charge is -2.43. The van der Waals surface area contributed by atoms with Gasteiger partial charge in [-0.1, -0.05) is 0 Å². The zero-order valence-corrected chi connectivity index (χ0v) is 15.4. The molecule has 0 spiro atoms. The summed E-state index contributed by atoms with van der Waals surface area (Å²) < 4.78 is 11.1. The second-order valence-electron chi connectivity index (χ2n) is 7.35. The molecule has 2 aliphatic rings. The van der Waals surface area contributed by atoms with Crippen molar-refractivity contribution < 1.29 is 19.1 Å². The van der Waals surface area contributed by atoms with Crippen LogP contribution in [0.3, 0.4) is 0 Å². The van der Waals surface area contributed by atoms with Crippen molar-refractivity contribution in [2.24, 2.45) is 0 Å². The Bertz CT molecular complexity index is 538. The number of rotatable bonds is 3. The highest BCUT2D eigenvalue weighted by Gasteiger charge is 2.36. The van der Waals surface area contributed by atoms with Crippen LogP contribution in [-0.4, -0.2) is 60.0 Å². The SMILES string of the molecule is C#CC#CON1CCC(N(C(=O)OC(C)(C)C)C2CCOCC2)CC1. The van der Waals surface area contributed by atoms with Crippen LogP contribution in [0.4, 0.5) is 4.79 Å². The third-order valence-electron chi connectivity index (χ3n) is 4.30. The van der Waals surface area contributed by atoms with Crippen LogP contribution in [0, 0.1) is 24.4 Å². The van der Waals surface area contributed by atoms with Crippen LogP contribution in [0.25, 0.3) is 0 Å². The van der Waals surface area contributed by atoms with Gasteiger partial charge in [-0.3, -0.25) is 0 Å². The highest BCUT2D eigenvalue weighted by Crippen LogP contribution is 2.26. The van der Waals surface area contributed by atoms with Crippen LogP contribution in [0.1, 0.15) is 46.5 Å². The minimum absolute atomic E-state index is 0.137. The summed E-state index contributed by atoms with van der Waals surface area (Å²) in [5.74, 6) is 4.66. The number of amides is 1. The lowest BCUT2D eigenvalue weighted by molar-refractivity contribution is -0.117. The van der Waals surface area contributed by atoms with Gasteiger partial charge in [0.25, 0.3) is 0 Å². The summed E-state index contributed by atoms with van der Waals surface area (Å²) >= 11 is 0. The number of terminal acetylenes is 1. The van der Waals surface area contributed by atoms with Gasteiger partial charge in [0.05, 0.1) is 0 Å². The fraction of sp³-hybridized carbons (Fsp3) is 0.737. The monoisotopic (exact) mass is 348 g/mol. The van der Waals surface area contributed by atoms with Gasteiger partial charge >= 0.3 is 6.09 Å². The van der Waals surface area contributed by atoms with Gasteiger partial charge < -0.3 is 19.2 Å². The maximum Gasteiger partial charge on any atom is 0.410 e. The van der Waals surface area contributed by atoms with Crippen LogP contribution < -0.4 is 0 Å². The summed E-state index contributed by atoms with van der Waals surface area (Å²) in [7, 11) is 0. The molecule has 0 aromatic carbocycles. The molecule has 1 amide bonds. The molecule has 0 saturated carbocycles. The number of nitrogens with zero attached hydrogens (tertiary/aromatic N) is 2. The third-order valence-corrected chi connectivity index (χ3v) is 4.30. The molecule has 2 heterocycles. The van der Waals surface area contributed by atoms with E-state index in [0.717, 1.165) is 25.7 Å². The van der Waals surface area contributed by atoms with Crippen LogP contribution in [0.5, 0.6) is 0 Å². The van der Waals surface area contributed by atoms with Crippen molar-refractivity contribution in [2.75, 3.05) is 26.3 Å². The van der Waals surface area contributed by atoms with E-state index in [1.54, 1.807) is 5.06 Å². The van der Waals surface area contributed by atoms with Gasteiger partial charge in [0, 0.05) is 44.3 Å². The Labute approximate surface area is 150 Å². The molecule has 0 unspecified atom stereocenters. The lowest BCUT2D eigenvalue weighted by atomic mass is 9.99. The van der Waals surface area contributed by atoms with E-state index in [9.17, 15) is 4.79 Å². The van der Waals surface area contributed by atoms with Crippen molar-refractivity contribution in [3.8, 4) is 24.4 Å². The highest BCUT2D eigenvalue weighted by atomic mass is 16.7. The predicted molar refractivity (Wildman–Crippen MR) is 94.2 cm³/mol. The largest absolute Gasteiger partial charge is 0.444 e. The fourth-order valence-electron chi connectivity index (χ4n) is 3.20. The van der Waals surface area contributed by atoms with Crippen molar-refractivity contribution in [1.29, 1.82) is 0 Å². The third kappa shape index (κ3) is 6.16. The Morgan fingerprint density at radius 3 is 2.32 bits per heavy atom. The summed E-state index contributed by atoms with van der Waals surface area (Å²) in [5.41, 5.74) is -0.505. The smallest absolute Gasteiger partial charge is 0.410 e. The Kier molecular flexibility index (Phi) is 6.99. The van der Waals surface area contributed by atoms with E-state index >= 15 is 0 Å². The Morgan fingerprint density at radius 1 is 1.16 bits per heavy atom. The first-order valence-electron chi connectivity index (χ1n) is 8.87. The summed E-state index contributed by atoms with van der Waals surface area (Å²) in [5, 5.41) is 1.79. The van der Waals surface area contributed by atoms with E-state index in [1.807, 2.05) is 25.7 Å². The standard InChI is InChI=1S/C19H28N2O4/c1-5-6-13-24-20-11-7-16(8-12-20)21(17-9-14-23-15-10-17)18(22)25-19(2,3)4/h1,16-17H,7-12,14-15H2,2-4H3. The van der Waals surface area contributed by atoms with Crippen molar-refractivity contribution in [1.82, 2.24) is 9.96 Å². The molecule has 2 aliphatic heterocycles. The van der Waals surface area contributed by atoms with Gasteiger partial charge in [0.2, 0.25) is 0 Å². The molecule has 0 N–H and O–H groups in total. The van der Waals surface area contributed by atoms with E-state index < -0.39 is 5.60 Å². The van der Waals surface area contributed by atoms with Gasteiger partial charge in [-0.2, -0.15) is 0 Å². The number of carbonyl (C=O) groups excluding carboxylic acids is 1. The number of hydrogen-bond donors (Lipinski definition) is 0. The molecule has 2 rings (SSSR count). The van der Waals surface area contributed by atoms with E-state index in [-0.39, 0.29) is 18.2 Å². The molecule has 0 radical (unpaired) electrons.